The molecule has 0 saturated heterocycles. The van der Waals surface area contributed by atoms with Gasteiger partial charge in [-0.2, -0.15) is 0 Å². The average molecular weight is 1510 g/mol. The lowest BCUT2D eigenvalue weighted by molar-refractivity contribution is 1.11. The summed E-state index contributed by atoms with van der Waals surface area (Å²) in [6.07, 6.45) is 1.85. The standard InChI is InChI=1S/C110H86Cl2N2/c1-7-77-71-110(96-41-29-84(30-42-96)82-21-33-92(34-22-82)106-64-60-102(68-74(106)4)114(100-57-49-90(50-58-100)80-17-13-10-14-18-80)104-62-66-108(76(6)70-104)94-37-25-86(26-38-94)88-45-53-98(112)54-46-88)78(8-2)72-109(77)95-39-27-83(28-40-95)81-19-31-91(32-20-81)105-63-59-101(67-73(105)3)113(99-55-47-89(48-56-99)79-15-11-9-12-16-79)103-61-65-107(75(5)69-103)93-35-23-85(24-36-93)87-43-51-97(111)52-44-87/h9-72H,7-8H2,1-6H3. The van der Waals surface area contributed by atoms with E-state index in [1.807, 2.05) is 24.3 Å². The van der Waals surface area contributed by atoms with Gasteiger partial charge in [0.15, 0.2) is 0 Å². The Balaban J connectivity index is 0.577. The van der Waals surface area contributed by atoms with Crippen LogP contribution in [0.2, 0.25) is 10.0 Å². The van der Waals surface area contributed by atoms with Crippen molar-refractivity contribution >= 4 is 57.3 Å². The zero-order chi connectivity index (χ0) is 77.8. The van der Waals surface area contributed by atoms with Crippen molar-refractivity contribution in [3.05, 3.63) is 432 Å². The quantitative estimate of drug-likeness (QED) is 0.0750. The van der Waals surface area contributed by atoms with Crippen LogP contribution >= 0.6 is 23.2 Å². The van der Waals surface area contributed by atoms with Crippen molar-refractivity contribution in [3.63, 3.8) is 0 Å². The number of anilines is 6. The zero-order valence-electron chi connectivity index (χ0n) is 65.0. The molecule has 0 radical (unpaired) electrons. The van der Waals surface area contributed by atoms with Gasteiger partial charge in [-0.3, -0.25) is 0 Å². The molecule has 0 aromatic heterocycles. The van der Waals surface area contributed by atoms with Gasteiger partial charge in [0.2, 0.25) is 0 Å². The molecular weight excluding hydrogens is 1420 g/mol. The third-order valence-electron chi connectivity index (χ3n) is 22.6. The number of hydrogen-bond donors (Lipinski definition) is 0. The molecule has 0 amide bonds. The lowest BCUT2D eigenvalue weighted by Crippen LogP contribution is -2.10. The van der Waals surface area contributed by atoms with Gasteiger partial charge in [-0.25, -0.2) is 0 Å². The molecule has 17 aromatic carbocycles. The fourth-order valence-corrected chi connectivity index (χ4v) is 16.6. The van der Waals surface area contributed by atoms with Gasteiger partial charge in [0, 0.05) is 44.2 Å². The molecule has 0 aliphatic carbocycles. The highest BCUT2D eigenvalue weighted by Gasteiger charge is 2.21. The molecule has 550 valence electrons. The second-order valence-electron chi connectivity index (χ2n) is 29.8. The molecule has 0 spiro atoms. The highest BCUT2D eigenvalue weighted by atomic mass is 35.5. The molecule has 0 heterocycles. The van der Waals surface area contributed by atoms with Gasteiger partial charge in [-0.05, 0) is 305 Å². The highest BCUT2D eigenvalue weighted by molar-refractivity contribution is 6.31. The summed E-state index contributed by atoms with van der Waals surface area (Å²) in [5, 5.41) is 1.48. The van der Waals surface area contributed by atoms with E-state index in [-0.39, 0.29) is 0 Å². The minimum atomic E-state index is 0.739. The second kappa shape index (κ2) is 32.7. The Morgan fingerprint density at radius 1 is 0.175 bits per heavy atom. The van der Waals surface area contributed by atoms with Crippen LogP contribution in [0.4, 0.5) is 34.1 Å². The molecule has 17 aromatic rings. The molecule has 0 bridgehead atoms. The maximum Gasteiger partial charge on any atom is 0.0464 e. The number of aryl methyl sites for hydroxylation is 6. The number of nitrogens with zero attached hydrogens (tertiary/aromatic N) is 2. The van der Waals surface area contributed by atoms with Crippen molar-refractivity contribution in [3.8, 4) is 134 Å². The first kappa shape index (κ1) is 73.7. The van der Waals surface area contributed by atoms with Gasteiger partial charge < -0.3 is 9.80 Å². The Bertz CT molecular complexity index is 5870. The lowest BCUT2D eigenvalue weighted by atomic mass is 9.88. The average Bonchev–Trinajstić information content (AvgIpc) is 0.785. The Kier molecular flexibility index (Phi) is 21.1. The fourth-order valence-electron chi connectivity index (χ4n) is 16.4. The van der Waals surface area contributed by atoms with Crippen LogP contribution in [0.1, 0.15) is 47.2 Å². The smallest absolute Gasteiger partial charge is 0.0464 e. The molecule has 0 fully saturated rings. The van der Waals surface area contributed by atoms with Crippen LogP contribution in [-0.2, 0) is 12.8 Å². The molecule has 0 saturated carbocycles. The fraction of sp³-hybridized carbons (Fsp3) is 0.0727. The SMILES string of the molecule is CCc1cc(-c2ccc(-c3ccc(-c4ccc(N(c5ccc(-c6ccccc6)cc5)c5ccc(-c6ccc(-c7ccc(Cl)cc7)cc6)c(C)c5)cc4C)cc3)cc2)c(CC)cc1-c1ccc(-c2ccc(-c3ccc(N(c4ccc(-c5ccccc5)cc4)c4ccc(-c5ccc(-c6ccc(Cl)cc6)cc5)c(C)c4)cc3C)cc2)cc1. The third-order valence-corrected chi connectivity index (χ3v) is 23.1. The van der Waals surface area contributed by atoms with Crippen molar-refractivity contribution < 1.29 is 0 Å². The monoisotopic (exact) mass is 1500 g/mol. The number of rotatable bonds is 20. The van der Waals surface area contributed by atoms with Crippen LogP contribution in [0.15, 0.2) is 388 Å². The predicted octanol–water partition coefficient (Wildman–Crippen LogP) is 32.3. The van der Waals surface area contributed by atoms with Crippen LogP contribution in [-0.4, -0.2) is 0 Å². The molecule has 0 aliphatic rings. The van der Waals surface area contributed by atoms with Crippen molar-refractivity contribution in [1.29, 1.82) is 0 Å². The number of hydrogen-bond acceptors (Lipinski definition) is 2. The summed E-state index contributed by atoms with van der Waals surface area (Å²) >= 11 is 12.4. The van der Waals surface area contributed by atoms with Crippen LogP contribution in [0, 0.1) is 27.7 Å². The van der Waals surface area contributed by atoms with Gasteiger partial charge in [0.1, 0.15) is 0 Å². The molecule has 2 nitrogen and oxygen atoms in total. The van der Waals surface area contributed by atoms with Gasteiger partial charge >= 0.3 is 0 Å². The van der Waals surface area contributed by atoms with Crippen LogP contribution < -0.4 is 9.80 Å². The topological polar surface area (TPSA) is 6.48 Å². The minimum absolute atomic E-state index is 0.739. The van der Waals surface area contributed by atoms with Crippen molar-refractivity contribution in [2.45, 2.75) is 54.4 Å². The van der Waals surface area contributed by atoms with Crippen molar-refractivity contribution in [2.75, 3.05) is 9.80 Å². The maximum atomic E-state index is 6.22. The van der Waals surface area contributed by atoms with Gasteiger partial charge in [-0.15, -0.1) is 0 Å². The molecule has 0 aliphatic heterocycles. The molecule has 0 N–H and O–H groups in total. The summed E-state index contributed by atoms with van der Waals surface area (Å²) in [5.74, 6) is 0. The van der Waals surface area contributed by atoms with E-state index in [1.54, 1.807) is 0 Å². The van der Waals surface area contributed by atoms with E-state index in [0.717, 1.165) is 79.3 Å². The first-order valence-electron chi connectivity index (χ1n) is 39.5. The molecule has 0 unspecified atom stereocenters. The van der Waals surface area contributed by atoms with E-state index in [0.29, 0.717) is 0 Å². The van der Waals surface area contributed by atoms with Gasteiger partial charge in [0.05, 0.1) is 0 Å². The summed E-state index contributed by atoms with van der Waals surface area (Å²) in [6.45, 7) is 13.5. The second-order valence-corrected chi connectivity index (χ2v) is 30.7. The first-order valence-corrected chi connectivity index (χ1v) is 40.2. The van der Waals surface area contributed by atoms with E-state index in [2.05, 4.69) is 415 Å². The van der Waals surface area contributed by atoms with E-state index in [9.17, 15) is 0 Å². The molecular formula is C110H86Cl2N2. The molecule has 0 atom stereocenters. The maximum absolute atomic E-state index is 6.22. The Labute approximate surface area is 681 Å². The molecule has 17 rings (SSSR count). The Hall–Kier alpha value is -13.1. The van der Waals surface area contributed by atoms with Crippen LogP contribution in [0.3, 0.4) is 0 Å². The summed E-state index contributed by atoms with van der Waals surface area (Å²) in [6, 6.07) is 142. The Morgan fingerprint density at radius 3 is 0.561 bits per heavy atom. The van der Waals surface area contributed by atoms with E-state index >= 15 is 0 Å². The first-order chi connectivity index (χ1) is 55.8. The van der Waals surface area contributed by atoms with Crippen LogP contribution in [0.5, 0.6) is 0 Å². The number of halogens is 2. The summed E-state index contributed by atoms with van der Waals surface area (Å²) in [7, 11) is 0. The van der Waals surface area contributed by atoms with E-state index in [1.165, 1.54) is 145 Å². The van der Waals surface area contributed by atoms with Crippen LogP contribution in [0.25, 0.3) is 134 Å². The Morgan fingerprint density at radius 2 is 0.351 bits per heavy atom. The summed E-state index contributed by atoms with van der Waals surface area (Å²) in [5.41, 5.74) is 42.9. The third kappa shape index (κ3) is 15.6. The molecule has 4 heteroatoms. The van der Waals surface area contributed by atoms with E-state index < -0.39 is 0 Å². The lowest BCUT2D eigenvalue weighted by Gasteiger charge is -2.27. The van der Waals surface area contributed by atoms with E-state index in [4.69, 9.17) is 23.2 Å². The predicted molar refractivity (Wildman–Crippen MR) is 489 cm³/mol. The highest BCUT2D eigenvalue weighted by Crippen LogP contribution is 2.45. The van der Waals surface area contributed by atoms with Gasteiger partial charge in [-0.1, -0.05) is 328 Å². The van der Waals surface area contributed by atoms with Crippen molar-refractivity contribution in [2.24, 2.45) is 0 Å². The normalized spacial score (nSPS) is 11.2. The molecule has 114 heavy (non-hydrogen) atoms. The number of benzene rings is 17. The largest absolute Gasteiger partial charge is 0.310 e. The zero-order valence-corrected chi connectivity index (χ0v) is 66.5. The summed E-state index contributed by atoms with van der Waals surface area (Å²) in [4.78, 5) is 4.77. The minimum Gasteiger partial charge on any atom is -0.310 e. The van der Waals surface area contributed by atoms with Crippen molar-refractivity contribution in [1.82, 2.24) is 0 Å². The van der Waals surface area contributed by atoms with Gasteiger partial charge in [0.25, 0.3) is 0 Å². The summed E-state index contributed by atoms with van der Waals surface area (Å²) < 4.78 is 0.